The average molecular weight is 311 g/mol. The first kappa shape index (κ1) is 16.1. The van der Waals surface area contributed by atoms with Crippen LogP contribution in [0.2, 0.25) is 5.02 Å². The van der Waals surface area contributed by atoms with Crippen LogP contribution in [-0.2, 0) is 4.74 Å². The van der Waals surface area contributed by atoms with Crippen molar-refractivity contribution in [2.75, 3.05) is 25.0 Å². The Bertz CT molecular complexity index is 471. The largest absolute Gasteiger partial charge is 0.445 e. The van der Waals surface area contributed by atoms with E-state index in [-0.39, 0.29) is 6.10 Å². The van der Waals surface area contributed by atoms with Crippen LogP contribution in [0.1, 0.15) is 31.7 Å². The Morgan fingerprint density at radius 1 is 1.52 bits per heavy atom. The van der Waals surface area contributed by atoms with E-state index in [0.29, 0.717) is 10.7 Å². The molecular formula is C16H23ClN2O2. The number of halogens is 1. The Kier molecular flexibility index (Phi) is 5.88. The summed E-state index contributed by atoms with van der Waals surface area (Å²) >= 11 is 6.10. The standard InChI is InChI=1S/C16H23ClN2O2/c1-3-9-19-10-5-7-13(11-19)21-16(20)18-15-12(2)6-4-8-14(15)17/h4,6,8,13H,3,5,7,9-11H2,1-2H3,(H,18,20). The van der Waals surface area contributed by atoms with Crippen molar-refractivity contribution in [3.8, 4) is 0 Å². The highest BCUT2D eigenvalue weighted by molar-refractivity contribution is 6.33. The zero-order valence-corrected chi connectivity index (χ0v) is 13.4. The summed E-state index contributed by atoms with van der Waals surface area (Å²) in [5.41, 5.74) is 1.56. The number of nitrogens with zero attached hydrogens (tertiary/aromatic N) is 1. The summed E-state index contributed by atoms with van der Waals surface area (Å²) in [7, 11) is 0. The number of aryl methyl sites for hydroxylation is 1. The predicted octanol–water partition coefficient (Wildman–Crippen LogP) is 4.07. The molecule has 1 N–H and O–H groups in total. The van der Waals surface area contributed by atoms with Gasteiger partial charge in [-0.05, 0) is 50.9 Å². The average Bonchev–Trinajstić information content (AvgIpc) is 2.44. The Morgan fingerprint density at radius 2 is 2.33 bits per heavy atom. The van der Waals surface area contributed by atoms with Crippen LogP contribution in [-0.4, -0.2) is 36.7 Å². The number of amides is 1. The molecule has 5 heteroatoms. The molecule has 4 nitrogen and oxygen atoms in total. The summed E-state index contributed by atoms with van der Waals surface area (Å²) in [6.45, 7) is 7.05. The molecule has 0 saturated carbocycles. The predicted molar refractivity (Wildman–Crippen MR) is 86.0 cm³/mol. The molecule has 1 aromatic carbocycles. The van der Waals surface area contributed by atoms with E-state index in [1.165, 1.54) is 0 Å². The van der Waals surface area contributed by atoms with Crippen LogP contribution >= 0.6 is 11.6 Å². The zero-order valence-electron chi connectivity index (χ0n) is 12.7. The molecule has 1 amide bonds. The van der Waals surface area contributed by atoms with E-state index in [0.717, 1.165) is 44.5 Å². The maximum atomic E-state index is 12.0. The molecule has 2 rings (SSSR count). The fourth-order valence-corrected chi connectivity index (χ4v) is 2.97. The minimum atomic E-state index is -0.422. The van der Waals surface area contributed by atoms with Gasteiger partial charge in [-0.3, -0.25) is 10.2 Å². The van der Waals surface area contributed by atoms with Gasteiger partial charge in [0.15, 0.2) is 0 Å². The molecule has 0 aromatic heterocycles. The van der Waals surface area contributed by atoms with Crippen molar-refractivity contribution in [1.82, 2.24) is 4.90 Å². The van der Waals surface area contributed by atoms with Crippen molar-refractivity contribution < 1.29 is 9.53 Å². The second-order valence-corrected chi connectivity index (χ2v) is 5.93. The van der Waals surface area contributed by atoms with E-state index in [2.05, 4.69) is 17.1 Å². The number of hydrogen-bond acceptors (Lipinski definition) is 3. The first-order valence-electron chi connectivity index (χ1n) is 7.55. The SMILES string of the molecule is CCCN1CCCC(OC(=O)Nc2c(C)cccc2Cl)C1. The molecular weight excluding hydrogens is 288 g/mol. The van der Waals surface area contributed by atoms with E-state index < -0.39 is 6.09 Å². The summed E-state index contributed by atoms with van der Waals surface area (Å²) in [4.78, 5) is 14.4. The van der Waals surface area contributed by atoms with Crippen LogP contribution in [0, 0.1) is 6.92 Å². The number of ether oxygens (including phenoxy) is 1. The number of hydrogen-bond donors (Lipinski definition) is 1. The smallest absolute Gasteiger partial charge is 0.411 e. The third-order valence-electron chi connectivity index (χ3n) is 3.72. The minimum Gasteiger partial charge on any atom is -0.445 e. The lowest BCUT2D eigenvalue weighted by Crippen LogP contribution is -2.41. The lowest BCUT2D eigenvalue weighted by molar-refractivity contribution is 0.0500. The minimum absolute atomic E-state index is 0.0342. The molecule has 0 radical (unpaired) electrons. The van der Waals surface area contributed by atoms with Crippen molar-refractivity contribution in [2.45, 2.75) is 39.2 Å². The Labute approximate surface area is 131 Å². The van der Waals surface area contributed by atoms with Gasteiger partial charge in [-0.1, -0.05) is 30.7 Å². The molecule has 1 fully saturated rings. The van der Waals surface area contributed by atoms with E-state index in [4.69, 9.17) is 16.3 Å². The first-order valence-corrected chi connectivity index (χ1v) is 7.93. The van der Waals surface area contributed by atoms with Crippen molar-refractivity contribution >= 4 is 23.4 Å². The number of benzene rings is 1. The number of anilines is 1. The fraction of sp³-hybridized carbons (Fsp3) is 0.562. The third-order valence-corrected chi connectivity index (χ3v) is 4.04. The van der Waals surface area contributed by atoms with Gasteiger partial charge in [0, 0.05) is 6.54 Å². The number of para-hydroxylation sites is 1. The van der Waals surface area contributed by atoms with E-state index in [1.54, 1.807) is 6.07 Å². The Hall–Kier alpha value is -1.26. The van der Waals surface area contributed by atoms with Gasteiger partial charge in [0.2, 0.25) is 0 Å². The topological polar surface area (TPSA) is 41.6 Å². The van der Waals surface area contributed by atoms with Crippen LogP contribution in [0.4, 0.5) is 10.5 Å². The molecule has 1 aliphatic rings. The number of likely N-dealkylation sites (tertiary alicyclic amines) is 1. The van der Waals surface area contributed by atoms with Crippen LogP contribution in [0.5, 0.6) is 0 Å². The van der Waals surface area contributed by atoms with Gasteiger partial charge < -0.3 is 4.74 Å². The normalized spacial score (nSPS) is 19.3. The Morgan fingerprint density at radius 3 is 3.05 bits per heavy atom. The number of nitrogens with one attached hydrogen (secondary N) is 1. The highest BCUT2D eigenvalue weighted by Gasteiger charge is 2.23. The van der Waals surface area contributed by atoms with Gasteiger partial charge in [0.25, 0.3) is 0 Å². The molecule has 1 atom stereocenters. The number of rotatable bonds is 4. The highest BCUT2D eigenvalue weighted by atomic mass is 35.5. The van der Waals surface area contributed by atoms with Gasteiger partial charge in [-0.25, -0.2) is 4.79 Å². The van der Waals surface area contributed by atoms with Crippen molar-refractivity contribution in [2.24, 2.45) is 0 Å². The lowest BCUT2D eigenvalue weighted by atomic mass is 10.1. The molecule has 1 saturated heterocycles. The van der Waals surface area contributed by atoms with Gasteiger partial charge >= 0.3 is 6.09 Å². The summed E-state index contributed by atoms with van der Waals surface area (Å²) < 4.78 is 5.53. The van der Waals surface area contributed by atoms with Crippen molar-refractivity contribution in [3.63, 3.8) is 0 Å². The molecule has 1 unspecified atom stereocenters. The number of piperidine rings is 1. The van der Waals surface area contributed by atoms with E-state index in [9.17, 15) is 4.79 Å². The molecule has 21 heavy (non-hydrogen) atoms. The Balaban J connectivity index is 1.89. The van der Waals surface area contributed by atoms with Crippen LogP contribution in [0.25, 0.3) is 0 Å². The maximum absolute atomic E-state index is 12.0. The summed E-state index contributed by atoms with van der Waals surface area (Å²) in [5.74, 6) is 0. The quantitative estimate of drug-likeness (QED) is 0.911. The van der Waals surface area contributed by atoms with Crippen molar-refractivity contribution in [3.05, 3.63) is 28.8 Å². The maximum Gasteiger partial charge on any atom is 0.411 e. The molecule has 116 valence electrons. The summed E-state index contributed by atoms with van der Waals surface area (Å²) in [5, 5.41) is 3.29. The zero-order chi connectivity index (χ0) is 15.2. The molecule has 1 heterocycles. The molecule has 0 bridgehead atoms. The summed E-state index contributed by atoms with van der Waals surface area (Å²) in [6, 6.07) is 5.52. The van der Waals surface area contributed by atoms with Crippen LogP contribution in [0.15, 0.2) is 18.2 Å². The van der Waals surface area contributed by atoms with Crippen LogP contribution in [0.3, 0.4) is 0 Å². The summed E-state index contributed by atoms with van der Waals surface area (Å²) in [6.07, 6.45) is 2.67. The van der Waals surface area contributed by atoms with Gasteiger partial charge in [0.1, 0.15) is 6.10 Å². The monoisotopic (exact) mass is 310 g/mol. The first-order chi connectivity index (χ1) is 10.1. The second-order valence-electron chi connectivity index (χ2n) is 5.53. The molecule has 1 aromatic rings. The van der Waals surface area contributed by atoms with Crippen molar-refractivity contribution in [1.29, 1.82) is 0 Å². The number of carbonyl (C=O) groups is 1. The third kappa shape index (κ3) is 4.61. The lowest BCUT2D eigenvalue weighted by Gasteiger charge is -2.32. The van der Waals surface area contributed by atoms with Gasteiger partial charge in [0.05, 0.1) is 10.7 Å². The van der Waals surface area contributed by atoms with E-state index in [1.807, 2.05) is 19.1 Å². The molecule has 1 aliphatic heterocycles. The fourth-order valence-electron chi connectivity index (χ4n) is 2.70. The van der Waals surface area contributed by atoms with Crippen LogP contribution < -0.4 is 5.32 Å². The van der Waals surface area contributed by atoms with Gasteiger partial charge in [-0.2, -0.15) is 0 Å². The van der Waals surface area contributed by atoms with Gasteiger partial charge in [-0.15, -0.1) is 0 Å². The van der Waals surface area contributed by atoms with E-state index >= 15 is 0 Å². The molecule has 0 aliphatic carbocycles. The second kappa shape index (κ2) is 7.66. The molecule has 0 spiro atoms. The highest BCUT2D eigenvalue weighted by Crippen LogP contribution is 2.25. The number of carbonyl (C=O) groups excluding carboxylic acids is 1.